The van der Waals surface area contributed by atoms with Gasteiger partial charge in [-0.2, -0.15) is 0 Å². The Morgan fingerprint density at radius 1 is 1.26 bits per heavy atom. The lowest BCUT2D eigenvalue weighted by atomic mass is 9.88. The number of nitrogens with one attached hydrogen (secondary N) is 3. The maximum atomic E-state index is 14.0. The molecule has 34 heavy (non-hydrogen) atoms. The van der Waals surface area contributed by atoms with Crippen molar-refractivity contribution in [3.05, 3.63) is 35.6 Å². The van der Waals surface area contributed by atoms with Crippen LogP contribution in [0.25, 0.3) is 0 Å². The smallest absolute Gasteiger partial charge is 0.406 e. The van der Waals surface area contributed by atoms with E-state index in [2.05, 4.69) is 20.7 Å². The van der Waals surface area contributed by atoms with Gasteiger partial charge in [-0.15, -0.1) is 0 Å². The number of alkyl carbamates (subject to hydrolysis) is 1. The minimum absolute atomic E-state index is 0.00401. The molecule has 1 aromatic rings. The van der Waals surface area contributed by atoms with Gasteiger partial charge in [0.05, 0.1) is 19.8 Å². The van der Waals surface area contributed by atoms with Crippen molar-refractivity contribution in [2.45, 2.75) is 37.8 Å². The van der Waals surface area contributed by atoms with Crippen LogP contribution in [0.5, 0.6) is 0 Å². The van der Waals surface area contributed by atoms with Gasteiger partial charge in [-0.3, -0.25) is 0 Å². The van der Waals surface area contributed by atoms with Crippen LogP contribution in [-0.4, -0.2) is 83.7 Å². The fourth-order valence-corrected chi connectivity index (χ4v) is 4.25. The Hall–Kier alpha value is -2.43. The molecule has 9 nitrogen and oxygen atoms in total. The van der Waals surface area contributed by atoms with Gasteiger partial charge in [-0.1, -0.05) is 12.1 Å². The summed E-state index contributed by atoms with van der Waals surface area (Å²) < 4.78 is 29.8. The first-order valence-corrected chi connectivity index (χ1v) is 11.9. The molecule has 0 aliphatic carbocycles. The summed E-state index contributed by atoms with van der Waals surface area (Å²) in [5, 5.41) is 8.85. The summed E-state index contributed by atoms with van der Waals surface area (Å²) in [6, 6.07) is 6.25. The van der Waals surface area contributed by atoms with Gasteiger partial charge in [0.15, 0.2) is 0 Å². The number of benzene rings is 1. The van der Waals surface area contributed by atoms with Gasteiger partial charge in [0.1, 0.15) is 5.82 Å². The molecule has 0 bridgehead atoms. The van der Waals surface area contributed by atoms with Crippen LogP contribution < -0.4 is 16.0 Å². The number of carbonyl (C=O) groups is 2. The normalized spacial score (nSPS) is 17.6. The molecule has 3 N–H and O–H groups in total. The molecule has 0 saturated carbocycles. The first kappa shape index (κ1) is 27.8. The summed E-state index contributed by atoms with van der Waals surface area (Å²) in [5.41, 5.74) is 0.720. The molecule has 10 heteroatoms. The average Bonchev–Trinajstić information content (AvgIpc) is 2.84. The van der Waals surface area contributed by atoms with Gasteiger partial charge in [0, 0.05) is 51.9 Å². The summed E-state index contributed by atoms with van der Waals surface area (Å²) in [4.78, 5) is 26.2. The third kappa shape index (κ3) is 9.44. The maximum Gasteiger partial charge on any atom is 0.406 e. The van der Waals surface area contributed by atoms with Crippen molar-refractivity contribution in [3.8, 4) is 0 Å². The molecule has 3 amide bonds. The molecular weight excluding hydrogens is 443 g/mol. The first-order valence-electron chi connectivity index (χ1n) is 11.9. The van der Waals surface area contributed by atoms with Gasteiger partial charge in [-0.25, -0.2) is 14.0 Å². The van der Waals surface area contributed by atoms with Crippen LogP contribution in [0.2, 0.25) is 0 Å². The maximum absolute atomic E-state index is 14.0. The highest BCUT2D eigenvalue weighted by Gasteiger charge is 2.32. The number of halogens is 1. The van der Waals surface area contributed by atoms with E-state index in [1.165, 1.54) is 19.2 Å². The van der Waals surface area contributed by atoms with Crippen LogP contribution in [0.3, 0.4) is 0 Å². The molecule has 2 rings (SSSR count). The molecule has 1 heterocycles. The highest BCUT2D eigenvalue weighted by Crippen LogP contribution is 2.33. The van der Waals surface area contributed by atoms with E-state index >= 15 is 0 Å². The van der Waals surface area contributed by atoms with E-state index < -0.39 is 12.2 Å². The van der Waals surface area contributed by atoms with E-state index in [0.29, 0.717) is 26.2 Å². The van der Waals surface area contributed by atoms with Crippen molar-refractivity contribution in [1.82, 2.24) is 20.9 Å². The van der Waals surface area contributed by atoms with Gasteiger partial charge in [-0.05, 0) is 50.4 Å². The number of likely N-dealkylation sites (tertiary alicyclic amines) is 1. The monoisotopic (exact) mass is 482 g/mol. The quantitative estimate of drug-likeness (QED) is 0.374. The molecule has 192 valence electrons. The number of rotatable bonds is 13. The summed E-state index contributed by atoms with van der Waals surface area (Å²) in [6.07, 6.45) is 2.42. The predicted octanol–water partition coefficient (Wildman–Crippen LogP) is 2.68. The van der Waals surface area contributed by atoms with Crippen LogP contribution in [-0.2, 0) is 14.2 Å². The molecule has 0 radical (unpaired) electrons. The summed E-state index contributed by atoms with van der Waals surface area (Å²) in [7, 11) is 4.83. The zero-order chi connectivity index (χ0) is 24.8. The van der Waals surface area contributed by atoms with Crippen molar-refractivity contribution in [3.63, 3.8) is 0 Å². The minimum Gasteiger partial charge on any atom is -0.453 e. The molecule has 1 fully saturated rings. The number of amides is 3. The fraction of sp³-hybridized carbons (Fsp3) is 0.667. The number of urea groups is 1. The third-order valence-electron chi connectivity index (χ3n) is 5.88. The Balaban J connectivity index is 2.03. The first-order chi connectivity index (χ1) is 16.5. The highest BCUT2D eigenvalue weighted by molar-refractivity contribution is 5.74. The molecule has 0 aromatic heterocycles. The van der Waals surface area contributed by atoms with E-state index in [1.54, 1.807) is 13.2 Å². The zero-order valence-corrected chi connectivity index (χ0v) is 20.5. The number of methoxy groups -OCH3 is 2. The topological polar surface area (TPSA) is 101 Å². The lowest BCUT2D eigenvalue weighted by Gasteiger charge is -2.37. The van der Waals surface area contributed by atoms with E-state index in [0.717, 1.165) is 31.2 Å². The van der Waals surface area contributed by atoms with Gasteiger partial charge in [0.2, 0.25) is 0 Å². The van der Waals surface area contributed by atoms with Crippen LogP contribution in [0, 0.1) is 11.7 Å². The van der Waals surface area contributed by atoms with Crippen LogP contribution >= 0.6 is 0 Å². The average molecular weight is 483 g/mol. The second-order valence-electron chi connectivity index (χ2n) is 8.45. The number of carbonyl (C=O) groups excluding carboxylic acids is 2. The third-order valence-corrected chi connectivity index (χ3v) is 5.88. The Bertz CT molecular complexity index is 754. The van der Waals surface area contributed by atoms with Crippen LogP contribution in [0.1, 0.15) is 37.4 Å². The summed E-state index contributed by atoms with van der Waals surface area (Å²) in [6.45, 7) is 2.99. The SMILES string of the molecule is CNCC(CCCOC)NC(=O)N1CCCC(C(OCCNC(=O)OC)c2cccc(F)c2)C1. The Kier molecular flexibility index (Phi) is 12.7. The zero-order valence-electron chi connectivity index (χ0n) is 20.5. The van der Waals surface area contributed by atoms with Gasteiger partial charge >= 0.3 is 12.1 Å². The Labute approximate surface area is 201 Å². The molecular formula is C24H39FN4O5. The summed E-state index contributed by atoms with van der Waals surface area (Å²) >= 11 is 0. The van der Waals surface area contributed by atoms with E-state index in [1.807, 2.05) is 18.0 Å². The second kappa shape index (κ2) is 15.5. The predicted molar refractivity (Wildman–Crippen MR) is 127 cm³/mol. The molecule has 1 aromatic carbocycles. The van der Waals surface area contributed by atoms with E-state index in [9.17, 15) is 14.0 Å². The number of ether oxygens (including phenoxy) is 3. The molecule has 1 aliphatic heterocycles. The largest absolute Gasteiger partial charge is 0.453 e. The number of likely N-dealkylation sites (N-methyl/N-ethyl adjacent to an activating group) is 1. The number of piperidine rings is 1. The highest BCUT2D eigenvalue weighted by atomic mass is 19.1. The Morgan fingerprint density at radius 2 is 2.09 bits per heavy atom. The van der Waals surface area contributed by atoms with Crippen molar-refractivity contribution >= 4 is 12.1 Å². The molecule has 1 aliphatic rings. The standard InChI is InChI=1S/C24H39FN4O5/c1-26-16-21(10-6-13-32-2)28-23(30)29-12-5-8-19(17-29)22(18-7-4-9-20(25)15-18)34-14-11-27-24(31)33-3/h4,7,9,15,19,21-22,26H,5-6,8,10-14,16-17H2,1-3H3,(H,27,31)(H,28,30). The van der Waals surface area contributed by atoms with E-state index in [4.69, 9.17) is 9.47 Å². The fourth-order valence-electron chi connectivity index (χ4n) is 4.25. The van der Waals surface area contributed by atoms with Gasteiger partial charge in [0.25, 0.3) is 0 Å². The lowest BCUT2D eigenvalue weighted by molar-refractivity contribution is -0.00878. The van der Waals surface area contributed by atoms with Crippen molar-refractivity contribution in [2.24, 2.45) is 5.92 Å². The van der Waals surface area contributed by atoms with Crippen molar-refractivity contribution in [2.75, 3.05) is 60.7 Å². The van der Waals surface area contributed by atoms with Crippen molar-refractivity contribution < 1.29 is 28.2 Å². The van der Waals surface area contributed by atoms with Crippen LogP contribution in [0.4, 0.5) is 14.0 Å². The van der Waals surface area contributed by atoms with Crippen LogP contribution in [0.15, 0.2) is 24.3 Å². The lowest BCUT2D eigenvalue weighted by Crippen LogP contribution is -2.51. The molecule has 3 atom stereocenters. The minimum atomic E-state index is -0.534. The summed E-state index contributed by atoms with van der Waals surface area (Å²) in [5.74, 6) is -0.342. The molecule has 0 spiro atoms. The molecule has 3 unspecified atom stereocenters. The van der Waals surface area contributed by atoms with Gasteiger partial charge < -0.3 is 35.1 Å². The van der Waals surface area contributed by atoms with Crippen molar-refractivity contribution in [1.29, 1.82) is 0 Å². The number of hydrogen-bond acceptors (Lipinski definition) is 6. The second-order valence-corrected chi connectivity index (χ2v) is 8.45. The number of hydrogen-bond donors (Lipinski definition) is 3. The molecule has 1 saturated heterocycles. The van der Waals surface area contributed by atoms with E-state index in [-0.39, 0.29) is 37.0 Å². The Morgan fingerprint density at radius 3 is 2.79 bits per heavy atom. The number of nitrogens with zero attached hydrogens (tertiary/aromatic N) is 1.